The molecule has 0 atom stereocenters. The van der Waals surface area contributed by atoms with Crippen LogP contribution in [0.1, 0.15) is 40.5 Å². The summed E-state index contributed by atoms with van der Waals surface area (Å²) in [6.45, 7) is 12.6. The second-order valence-corrected chi connectivity index (χ2v) is 4.76. The summed E-state index contributed by atoms with van der Waals surface area (Å²) in [7, 11) is 0. The normalized spacial score (nSPS) is 12.0. The number of hydrogen-bond donors (Lipinski definition) is 1. The van der Waals surface area contributed by atoms with E-state index < -0.39 is 0 Å². The van der Waals surface area contributed by atoms with Crippen molar-refractivity contribution in [3.63, 3.8) is 0 Å². The molecule has 0 aromatic rings. The van der Waals surface area contributed by atoms with Gasteiger partial charge in [-0.15, -0.1) is 0 Å². The Hall–Kier alpha value is -0.120. The fourth-order valence-corrected chi connectivity index (χ4v) is 1.07. The van der Waals surface area contributed by atoms with Crippen LogP contribution in [0.4, 0.5) is 0 Å². The minimum Gasteiger partial charge on any atom is -0.379 e. The van der Waals surface area contributed by atoms with E-state index in [1.807, 2.05) is 0 Å². The number of ether oxygens (including phenoxy) is 2. The van der Waals surface area contributed by atoms with Crippen molar-refractivity contribution in [2.75, 3.05) is 33.0 Å². The third-order valence-corrected chi connectivity index (χ3v) is 1.92. The molecule has 0 heterocycles. The average molecular weight is 217 g/mol. The fourth-order valence-electron chi connectivity index (χ4n) is 1.07. The lowest BCUT2D eigenvalue weighted by Gasteiger charge is -2.20. The lowest BCUT2D eigenvalue weighted by molar-refractivity contribution is 0.0465. The van der Waals surface area contributed by atoms with E-state index in [1.165, 1.54) is 6.42 Å². The van der Waals surface area contributed by atoms with Crippen molar-refractivity contribution in [1.82, 2.24) is 5.32 Å². The standard InChI is InChI=1S/C12H27NO2/c1-5-6-8-14-10-11-15-9-7-13-12(2,3)4/h13H,5-11H2,1-4H3. The zero-order valence-corrected chi connectivity index (χ0v) is 10.8. The molecule has 1 N–H and O–H groups in total. The van der Waals surface area contributed by atoms with E-state index in [2.05, 4.69) is 33.0 Å². The van der Waals surface area contributed by atoms with Crippen LogP contribution in [0.3, 0.4) is 0 Å². The van der Waals surface area contributed by atoms with Gasteiger partial charge < -0.3 is 14.8 Å². The lowest BCUT2D eigenvalue weighted by atomic mass is 10.1. The number of nitrogens with one attached hydrogen (secondary N) is 1. The maximum absolute atomic E-state index is 5.42. The Kier molecular flexibility index (Phi) is 9.06. The molecule has 0 rings (SSSR count). The van der Waals surface area contributed by atoms with E-state index >= 15 is 0 Å². The molecule has 0 aliphatic carbocycles. The van der Waals surface area contributed by atoms with E-state index in [-0.39, 0.29) is 5.54 Å². The maximum Gasteiger partial charge on any atom is 0.0701 e. The Balaban J connectivity index is 2.99. The molecule has 0 aliphatic rings. The Morgan fingerprint density at radius 3 is 2.07 bits per heavy atom. The van der Waals surface area contributed by atoms with Crippen LogP contribution < -0.4 is 5.32 Å². The van der Waals surface area contributed by atoms with Gasteiger partial charge in [0.15, 0.2) is 0 Å². The van der Waals surface area contributed by atoms with Gasteiger partial charge in [0.25, 0.3) is 0 Å². The van der Waals surface area contributed by atoms with Crippen molar-refractivity contribution in [2.45, 2.75) is 46.1 Å². The number of hydrogen-bond acceptors (Lipinski definition) is 3. The van der Waals surface area contributed by atoms with Crippen molar-refractivity contribution in [1.29, 1.82) is 0 Å². The highest BCUT2D eigenvalue weighted by molar-refractivity contribution is 4.69. The summed E-state index contributed by atoms with van der Waals surface area (Å²) >= 11 is 0. The molecule has 0 radical (unpaired) electrons. The summed E-state index contributed by atoms with van der Waals surface area (Å²) in [5, 5.41) is 3.37. The van der Waals surface area contributed by atoms with E-state index in [9.17, 15) is 0 Å². The molecule has 0 unspecified atom stereocenters. The summed E-state index contributed by atoms with van der Waals surface area (Å²) < 4.78 is 10.8. The summed E-state index contributed by atoms with van der Waals surface area (Å²) in [5.41, 5.74) is 0.182. The monoisotopic (exact) mass is 217 g/mol. The van der Waals surface area contributed by atoms with Crippen molar-refractivity contribution >= 4 is 0 Å². The predicted molar refractivity (Wildman–Crippen MR) is 64.3 cm³/mol. The van der Waals surface area contributed by atoms with Crippen molar-refractivity contribution in [3.8, 4) is 0 Å². The number of unbranched alkanes of at least 4 members (excludes halogenated alkanes) is 1. The Bertz CT molecular complexity index is 132. The molecule has 0 fully saturated rings. The Labute approximate surface area is 94.5 Å². The maximum atomic E-state index is 5.42. The second kappa shape index (κ2) is 9.13. The lowest BCUT2D eigenvalue weighted by Crippen LogP contribution is -2.38. The van der Waals surface area contributed by atoms with Crippen molar-refractivity contribution in [2.24, 2.45) is 0 Å². The molecular formula is C12H27NO2. The van der Waals surface area contributed by atoms with Crippen LogP contribution in [-0.4, -0.2) is 38.5 Å². The molecule has 0 aromatic carbocycles. The zero-order chi connectivity index (χ0) is 11.6. The smallest absolute Gasteiger partial charge is 0.0701 e. The Morgan fingerprint density at radius 2 is 1.53 bits per heavy atom. The minimum absolute atomic E-state index is 0.182. The van der Waals surface area contributed by atoms with E-state index in [0.717, 1.165) is 32.8 Å². The van der Waals surface area contributed by atoms with Crippen LogP contribution in [0, 0.1) is 0 Å². The predicted octanol–water partition coefficient (Wildman–Crippen LogP) is 2.21. The van der Waals surface area contributed by atoms with Gasteiger partial charge in [-0.05, 0) is 27.2 Å². The molecule has 0 bridgehead atoms. The largest absolute Gasteiger partial charge is 0.379 e. The highest BCUT2D eigenvalue weighted by atomic mass is 16.5. The van der Waals surface area contributed by atoms with Gasteiger partial charge in [-0.25, -0.2) is 0 Å². The highest BCUT2D eigenvalue weighted by Crippen LogP contribution is 1.96. The first-order valence-corrected chi connectivity index (χ1v) is 5.97. The molecule has 0 spiro atoms. The molecule has 0 aromatic heterocycles. The van der Waals surface area contributed by atoms with Gasteiger partial charge >= 0.3 is 0 Å². The van der Waals surface area contributed by atoms with Gasteiger partial charge in [0.2, 0.25) is 0 Å². The van der Waals surface area contributed by atoms with Gasteiger partial charge in [0, 0.05) is 18.7 Å². The SMILES string of the molecule is CCCCOCCOCCNC(C)(C)C. The zero-order valence-electron chi connectivity index (χ0n) is 10.8. The summed E-state index contributed by atoms with van der Waals surface area (Å²) in [6, 6.07) is 0. The van der Waals surface area contributed by atoms with E-state index in [0.29, 0.717) is 6.61 Å². The molecule has 0 amide bonds. The third kappa shape index (κ3) is 13.9. The molecule has 15 heavy (non-hydrogen) atoms. The van der Waals surface area contributed by atoms with Gasteiger partial charge in [0.05, 0.1) is 19.8 Å². The van der Waals surface area contributed by atoms with E-state index in [4.69, 9.17) is 9.47 Å². The number of rotatable bonds is 9. The first-order chi connectivity index (χ1) is 7.06. The second-order valence-electron chi connectivity index (χ2n) is 4.76. The Morgan fingerprint density at radius 1 is 0.933 bits per heavy atom. The summed E-state index contributed by atoms with van der Waals surface area (Å²) in [4.78, 5) is 0. The summed E-state index contributed by atoms with van der Waals surface area (Å²) in [5.74, 6) is 0. The van der Waals surface area contributed by atoms with Crippen LogP contribution in [0.15, 0.2) is 0 Å². The first kappa shape index (κ1) is 14.9. The van der Waals surface area contributed by atoms with Gasteiger partial charge in [0.1, 0.15) is 0 Å². The van der Waals surface area contributed by atoms with Gasteiger partial charge in [-0.3, -0.25) is 0 Å². The molecule has 0 saturated heterocycles. The fraction of sp³-hybridized carbons (Fsp3) is 1.00. The quantitative estimate of drug-likeness (QED) is 0.601. The van der Waals surface area contributed by atoms with E-state index in [1.54, 1.807) is 0 Å². The van der Waals surface area contributed by atoms with Crippen LogP contribution in [0.5, 0.6) is 0 Å². The van der Waals surface area contributed by atoms with Crippen LogP contribution >= 0.6 is 0 Å². The minimum atomic E-state index is 0.182. The van der Waals surface area contributed by atoms with Crippen molar-refractivity contribution < 1.29 is 9.47 Å². The average Bonchev–Trinajstić information content (AvgIpc) is 2.14. The van der Waals surface area contributed by atoms with Gasteiger partial charge in [-0.1, -0.05) is 13.3 Å². The van der Waals surface area contributed by atoms with Gasteiger partial charge in [-0.2, -0.15) is 0 Å². The summed E-state index contributed by atoms with van der Waals surface area (Å²) in [6.07, 6.45) is 2.34. The molecule has 3 nitrogen and oxygen atoms in total. The van der Waals surface area contributed by atoms with Crippen molar-refractivity contribution in [3.05, 3.63) is 0 Å². The molecule has 3 heteroatoms. The molecular weight excluding hydrogens is 190 g/mol. The molecule has 0 saturated carbocycles. The topological polar surface area (TPSA) is 30.5 Å². The third-order valence-electron chi connectivity index (χ3n) is 1.92. The van der Waals surface area contributed by atoms with Crippen LogP contribution in [0.25, 0.3) is 0 Å². The highest BCUT2D eigenvalue weighted by Gasteiger charge is 2.06. The molecule has 0 aliphatic heterocycles. The first-order valence-electron chi connectivity index (χ1n) is 5.97. The van der Waals surface area contributed by atoms with Crippen LogP contribution in [-0.2, 0) is 9.47 Å². The van der Waals surface area contributed by atoms with Crippen LogP contribution in [0.2, 0.25) is 0 Å². The molecule has 92 valence electrons.